The van der Waals surface area contributed by atoms with Crippen molar-refractivity contribution in [2.45, 2.75) is 11.8 Å². The van der Waals surface area contributed by atoms with Gasteiger partial charge in [0.1, 0.15) is 0 Å². The second-order valence-corrected chi connectivity index (χ2v) is 8.46. The lowest BCUT2D eigenvalue weighted by Crippen LogP contribution is -2.13. The van der Waals surface area contributed by atoms with Crippen LogP contribution in [0.4, 0.5) is 5.69 Å². The molecule has 0 spiro atoms. The quantitative estimate of drug-likeness (QED) is 0.618. The molecule has 0 saturated heterocycles. The SMILES string of the molecule is Br.Cc1cc(-c2cs/c(=N/c3ccc(Cl)cc3)n2C)cc(S(N)(=O)=O)c1. The minimum Gasteiger partial charge on any atom is -0.320 e. The van der Waals surface area contributed by atoms with Crippen molar-refractivity contribution in [1.82, 2.24) is 4.57 Å². The first-order chi connectivity index (χ1) is 11.7. The summed E-state index contributed by atoms with van der Waals surface area (Å²) >= 11 is 7.36. The molecule has 0 saturated carbocycles. The lowest BCUT2D eigenvalue weighted by molar-refractivity contribution is 0.597. The third-order valence-electron chi connectivity index (χ3n) is 3.65. The Hall–Kier alpha value is -1.45. The van der Waals surface area contributed by atoms with Gasteiger partial charge in [-0.1, -0.05) is 11.6 Å². The number of nitrogens with zero attached hydrogens (tertiary/aromatic N) is 2. The number of thiazole rings is 1. The maximum Gasteiger partial charge on any atom is 0.238 e. The van der Waals surface area contributed by atoms with Crippen molar-refractivity contribution < 1.29 is 8.42 Å². The molecular weight excluding hydrogens is 458 g/mol. The van der Waals surface area contributed by atoms with Gasteiger partial charge in [-0.05, 0) is 55.0 Å². The van der Waals surface area contributed by atoms with Crippen LogP contribution >= 0.6 is 39.9 Å². The first-order valence-electron chi connectivity index (χ1n) is 7.34. The average molecular weight is 475 g/mol. The summed E-state index contributed by atoms with van der Waals surface area (Å²) < 4.78 is 25.3. The van der Waals surface area contributed by atoms with Crippen LogP contribution in [-0.2, 0) is 17.1 Å². The summed E-state index contributed by atoms with van der Waals surface area (Å²) in [6.45, 7) is 1.84. The number of halogens is 2. The lowest BCUT2D eigenvalue weighted by Gasteiger charge is -2.07. The topological polar surface area (TPSA) is 77.5 Å². The van der Waals surface area contributed by atoms with Crippen molar-refractivity contribution >= 4 is 55.6 Å². The fourth-order valence-corrected chi connectivity index (χ4v) is 4.11. The zero-order valence-electron chi connectivity index (χ0n) is 14.0. The van der Waals surface area contributed by atoms with Gasteiger partial charge in [0.15, 0.2) is 4.80 Å². The van der Waals surface area contributed by atoms with E-state index in [0.29, 0.717) is 5.02 Å². The van der Waals surface area contributed by atoms with Gasteiger partial charge < -0.3 is 4.57 Å². The van der Waals surface area contributed by atoms with Gasteiger partial charge in [-0.15, -0.1) is 28.3 Å². The van der Waals surface area contributed by atoms with Crippen LogP contribution in [0, 0.1) is 6.92 Å². The summed E-state index contributed by atoms with van der Waals surface area (Å²) in [6.07, 6.45) is 0. The largest absolute Gasteiger partial charge is 0.320 e. The Bertz CT molecular complexity index is 1100. The van der Waals surface area contributed by atoms with Gasteiger partial charge in [0.25, 0.3) is 0 Å². The second-order valence-electron chi connectivity index (χ2n) is 5.63. The van der Waals surface area contributed by atoms with Crippen molar-refractivity contribution in [3.05, 3.63) is 63.2 Å². The molecule has 0 unspecified atom stereocenters. The number of sulfonamides is 1. The maximum absolute atomic E-state index is 11.7. The molecule has 5 nitrogen and oxygen atoms in total. The molecule has 0 radical (unpaired) electrons. The predicted octanol–water partition coefficient (Wildman–Crippen LogP) is 4.17. The molecule has 2 aromatic carbocycles. The van der Waals surface area contributed by atoms with Crippen LogP contribution in [0.3, 0.4) is 0 Å². The van der Waals surface area contributed by atoms with Gasteiger partial charge in [-0.2, -0.15) is 0 Å². The smallest absolute Gasteiger partial charge is 0.238 e. The number of primary sulfonamides is 1. The van der Waals surface area contributed by atoms with Crippen molar-refractivity contribution in [3.8, 4) is 11.3 Å². The normalized spacial score (nSPS) is 12.1. The first-order valence-corrected chi connectivity index (χ1v) is 10.1. The summed E-state index contributed by atoms with van der Waals surface area (Å²) in [7, 11) is -1.87. The van der Waals surface area contributed by atoms with Crippen molar-refractivity contribution in [2.24, 2.45) is 17.2 Å². The van der Waals surface area contributed by atoms with E-state index in [1.165, 1.54) is 11.3 Å². The Morgan fingerprint density at radius 3 is 2.42 bits per heavy atom. The Morgan fingerprint density at radius 1 is 1.15 bits per heavy atom. The zero-order chi connectivity index (χ0) is 18.2. The molecule has 0 aliphatic heterocycles. The van der Waals surface area contributed by atoms with E-state index < -0.39 is 10.0 Å². The van der Waals surface area contributed by atoms with Crippen LogP contribution in [0.15, 0.2) is 57.7 Å². The average Bonchev–Trinajstić information content (AvgIpc) is 2.89. The number of nitrogens with two attached hydrogens (primary N) is 1. The van der Waals surface area contributed by atoms with Gasteiger partial charge in [0.05, 0.1) is 16.3 Å². The van der Waals surface area contributed by atoms with Crippen molar-refractivity contribution in [3.63, 3.8) is 0 Å². The summed E-state index contributed by atoms with van der Waals surface area (Å²) in [5.41, 5.74) is 3.26. The fourth-order valence-electron chi connectivity index (χ4n) is 2.42. The van der Waals surface area contributed by atoms with Crippen LogP contribution < -0.4 is 9.94 Å². The highest BCUT2D eigenvalue weighted by molar-refractivity contribution is 8.93. The minimum atomic E-state index is -3.76. The number of hydrogen-bond acceptors (Lipinski definition) is 4. The second kappa shape index (κ2) is 8.06. The summed E-state index contributed by atoms with van der Waals surface area (Å²) in [5.74, 6) is 0. The van der Waals surface area contributed by atoms with Gasteiger partial charge in [-0.3, -0.25) is 0 Å². The van der Waals surface area contributed by atoms with Crippen LogP contribution in [0.2, 0.25) is 5.02 Å². The maximum atomic E-state index is 11.7. The van der Waals surface area contributed by atoms with Crippen molar-refractivity contribution in [2.75, 3.05) is 0 Å². The third kappa shape index (κ3) is 4.63. The van der Waals surface area contributed by atoms with Crippen LogP contribution in [-0.4, -0.2) is 13.0 Å². The molecule has 0 aliphatic rings. The van der Waals surface area contributed by atoms with E-state index in [9.17, 15) is 8.42 Å². The molecule has 2 N–H and O–H groups in total. The molecule has 1 aromatic heterocycles. The molecule has 1 heterocycles. The van der Waals surface area contributed by atoms with Crippen LogP contribution in [0.25, 0.3) is 11.3 Å². The molecule has 0 atom stereocenters. The molecule has 3 aromatic rings. The molecule has 9 heteroatoms. The van der Waals surface area contributed by atoms with Crippen LogP contribution in [0.5, 0.6) is 0 Å². The Balaban J connectivity index is 0.00000243. The number of aryl methyl sites for hydroxylation is 1. The zero-order valence-corrected chi connectivity index (χ0v) is 18.1. The highest BCUT2D eigenvalue weighted by Gasteiger charge is 2.12. The molecular formula is C17H17BrClN3O2S2. The predicted molar refractivity (Wildman–Crippen MR) is 112 cm³/mol. The minimum absolute atomic E-state index is 0. The molecule has 3 rings (SSSR count). The Morgan fingerprint density at radius 2 is 1.81 bits per heavy atom. The third-order valence-corrected chi connectivity index (χ3v) is 5.71. The highest BCUT2D eigenvalue weighted by Crippen LogP contribution is 2.24. The van der Waals surface area contributed by atoms with E-state index in [0.717, 1.165) is 27.3 Å². The van der Waals surface area contributed by atoms with Crippen LogP contribution in [0.1, 0.15) is 5.56 Å². The lowest BCUT2D eigenvalue weighted by atomic mass is 10.1. The van der Waals surface area contributed by atoms with Gasteiger partial charge in [0.2, 0.25) is 10.0 Å². The highest BCUT2D eigenvalue weighted by atomic mass is 79.9. The van der Waals surface area contributed by atoms with Gasteiger partial charge in [-0.25, -0.2) is 18.5 Å². The molecule has 0 fully saturated rings. The van der Waals surface area contributed by atoms with E-state index in [2.05, 4.69) is 4.99 Å². The Kier molecular flexibility index (Phi) is 6.46. The fraction of sp³-hybridized carbons (Fsp3) is 0.118. The summed E-state index contributed by atoms with van der Waals surface area (Å²) in [5, 5.41) is 7.87. The van der Waals surface area contributed by atoms with Crippen molar-refractivity contribution in [1.29, 1.82) is 0 Å². The standard InChI is InChI=1S/C17H16ClN3O2S2.BrH/c1-11-7-12(9-15(8-11)25(19,22)23)16-10-24-17(21(16)2)20-14-5-3-13(18)4-6-14;/h3-10H,1-2H3,(H2,19,22,23);1H/b20-17+;. The van der Waals surface area contributed by atoms with E-state index in [1.807, 2.05) is 42.1 Å². The number of rotatable bonds is 3. The number of aromatic nitrogens is 1. The van der Waals surface area contributed by atoms with E-state index in [4.69, 9.17) is 16.7 Å². The number of benzene rings is 2. The summed E-state index contributed by atoms with van der Waals surface area (Å²) in [6, 6.07) is 12.3. The van der Waals surface area contributed by atoms with E-state index in [1.54, 1.807) is 24.3 Å². The molecule has 138 valence electrons. The molecule has 26 heavy (non-hydrogen) atoms. The van der Waals surface area contributed by atoms with E-state index in [-0.39, 0.29) is 21.9 Å². The molecule has 0 aliphatic carbocycles. The number of hydrogen-bond donors (Lipinski definition) is 1. The van der Waals surface area contributed by atoms with Gasteiger partial charge in [0, 0.05) is 23.0 Å². The Labute approximate surface area is 171 Å². The molecule has 0 bridgehead atoms. The van der Waals surface area contributed by atoms with Gasteiger partial charge >= 0.3 is 0 Å². The summed E-state index contributed by atoms with van der Waals surface area (Å²) in [4.78, 5) is 5.49. The molecule has 0 amide bonds. The first kappa shape index (κ1) is 20.9. The van der Waals surface area contributed by atoms with E-state index >= 15 is 0 Å². The monoisotopic (exact) mass is 473 g/mol.